The molecule has 5 nitrogen and oxygen atoms in total. The predicted molar refractivity (Wildman–Crippen MR) is 116 cm³/mol. The molecule has 0 atom stereocenters. The number of ether oxygens (including phenoxy) is 2. The molecular weight excluding hydrogens is 376 g/mol. The van der Waals surface area contributed by atoms with E-state index >= 15 is 0 Å². The first-order valence-electron chi connectivity index (χ1n) is 10.4. The number of aromatic nitrogens is 1. The molecule has 1 N–H and O–H groups in total. The molecule has 0 bridgehead atoms. The maximum Gasteiger partial charge on any atom is 0.251 e. The van der Waals surface area contributed by atoms with Gasteiger partial charge in [0.05, 0.1) is 0 Å². The summed E-state index contributed by atoms with van der Waals surface area (Å²) in [5, 5.41) is 3.00. The third-order valence-corrected chi connectivity index (χ3v) is 5.24. The minimum Gasteiger partial charge on any atom is -0.489 e. The van der Waals surface area contributed by atoms with Crippen LogP contribution in [0.5, 0.6) is 11.6 Å². The fourth-order valence-electron chi connectivity index (χ4n) is 3.62. The molecule has 1 fully saturated rings. The van der Waals surface area contributed by atoms with Crippen molar-refractivity contribution in [2.45, 2.75) is 44.9 Å². The zero-order valence-corrected chi connectivity index (χ0v) is 16.9. The summed E-state index contributed by atoms with van der Waals surface area (Å²) in [5.41, 5.74) is 2.42. The number of benzene rings is 2. The minimum absolute atomic E-state index is 0.127. The zero-order chi connectivity index (χ0) is 20.6. The topological polar surface area (TPSA) is 60.5 Å². The molecule has 4 rings (SSSR count). The van der Waals surface area contributed by atoms with E-state index in [-0.39, 0.29) is 12.0 Å². The Labute approximate surface area is 177 Å². The molecule has 1 aliphatic carbocycles. The van der Waals surface area contributed by atoms with Crippen LogP contribution in [-0.4, -0.2) is 17.0 Å². The van der Waals surface area contributed by atoms with Crippen LogP contribution in [0.1, 0.15) is 47.2 Å². The Hall–Kier alpha value is -3.34. The van der Waals surface area contributed by atoms with E-state index < -0.39 is 0 Å². The van der Waals surface area contributed by atoms with Gasteiger partial charge in [-0.3, -0.25) is 4.79 Å². The maximum absolute atomic E-state index is 12.8. The number of hydrogen-bond donors (Lipinski definition) is 1. The Kier molecular flexibility index (Phi) is 6.60. The summed E-state index contributed by atoms with van der Waals surface area (Å²) < 4.78 is 11.8. The first kappa shape index (κ1) is 20.0. The fourth-order valence-corrected chi connectivity index (χ4v) is 3.62. The van der Waals surface area contributed by atoms with E-state index in [2.05, 4.69) is 10.3 Å². The summed E-state index contributed by atoms with van der Waals surface area (Å²) in [6.07, 6.45) is 6.60. The predicted octanol–water partition coefficient (Wildman–Crippen LogP) is 4.91. The Bertz CT molecular complexity index is 969. The first-order chi connectivity index (χ1) is 14.8. The molecule has 0 aliphatic heterocycles. The zero-order valence-electron chi connectivity index (χ0n) is 16.9. The lowest BCUT2D eigenvalue weighted by molar-refractivity contribution is 0.0948. The summed E-state index contributed by atoms with van der Waals surface area (Å²) in [7, 11) is 0. The van der Waals surface area contributed by atoms with Gasteiger partial charge in [0.2, 0.25) is 5.88 Å². The number of nitrogens with one attached hydrogen (secondary N) is 1. The van der Waals surface area contributed by atoms with Crippen molar-refractivity contribution in [3.8, 4) is 11.6 Å². The van der Waals surface area contributed by atoms with E-state index in [1.54, 1.807) is 6.20 Å². The Morgan fingerprint density at radius 3 is 2.60 bits per heavy atom. The monoisotopic (exact) mass is 402 g/mol. The highest BCUT2D eigenvalue weighted by atomic mass is 16.5. The number of carbonyl (C=O) groups excluding carboxylic acids is 1. The Morgan fingerprint density at radius 2 is 1.77 bits per heavy atom. The van der Waals surface area contributed by atoms with Crippen molar-refractivity contribution < 1.29 is 14.3 Å². The number of carbonyl (C=O) groups is 1. The van der Waals surface area contributed by atoms with Crippen LogP contribution < -0.4 is 14.8 Å². The van der Waals surface area contributed by atoms with Crippen LogP contribution in [0.3, 0.4) is 0 Å². The average molecular weight is 402 g/mol. The van der Waals surface area contributed by atoms with Gasteiger partial charge >= 0.3 is 0 Å². The summed E-state index contributed by atoms with van der Waals surface area (Å²) in [6, 6.07) is 20.9. The Morgan fingerprint density at radius 1 is 1.00 bits per heavy atom. The van der Waals surface area contributed by atoms with Crippen LogP contribution in [0.4, 0.5) is 0 Å². The molecule has 1 aromatic heterocycles. The molecule has 2 aromatic carbocycles. The van der Waals surface area contributed by atoms with Crippen molar-refractivity contribution in [3.05, 3.63) is 89.6 Å². The van der Waals surface area contributed by atoms with Crippen molar-refractivity contribution in [2.75, 3.05) is 0 Å². The second kappa shape index (κ2) is 9.92. The van der Waals surface area contributed by atoms with Gasteiger partial charge in [0, 0.05) is 29.9 Å². The van der Waals surface area contributed by atoms with Gasteiger partial charge in [0.1, 0.15) is 18.5 Å². The first-order valence-corrected chi connectivity index (χ1v) is 10.4. The van der Waals surface area contributed by atoms with Crippen molar-refractivity contribution in [1.82, 2.24) is 10.3 Å². The van der Waals surface area contributed by atoms with Crippen molar-refractivity contribution in [1.29, 1.82) is 0 Å². The van der Waals surface area contributed by atoms with E-state index in [0.29, 0.717) is 24.6 Å². The van der Waals surface area contributed by atoms with Crippen LogP contribution in [0.25, 0.3) is 0 Å². The number of nitrogens with zero attached hydrogens (tertiary/aromatic N) is 1. The number of amides is 1. The summed E-state index contributed by atoms with van der Waals surface area (Å²) in [5.74, 6) is 1.28. The van der Waals surface area contributed by atoms with E-state index in [4.69, 9.17) is 9.47 Å². The third-order valence-electron chi connectivity index (χ3n) is 5.24. The van der Waals surface area contributed by atoms with Gasteiger partial charge in [-0.15, -0.1) is 0 Å². The lowest BCUT2D eigenvalue weighted by atomic mass is 10.1. The van der Waals surface area contributed by atoms with Gasteiger partial charge in [0.25, 0.3) is 5.91 Å². The molecule has 154 valence electrons. The summed E-state index contributed by atoms with van der Waals surface area (Å²) >= 11 is 0. The maximum atomic E-state index is 12.8. The molecule has 5 heteroatoms. The minimum atomic E-state index is -0.127. The van der Waals surface area contributed by atoms with Crippen LogP contribution in [0, 0.1) is 0 Å². The normalized spacial score (nSPS) is 13.7. The van der Waals surface area contributed by atoms with E-state index in [0.717, 1.165) is 29.7 Å². The van der Waals surface area contributed by atoms with Crippen molar-refractivity contribution in [3.63, 3.8) is 0 Å². The van der Waals surface area contributed by atoms with Gasteiger partial charge in [-0.2, -0.15) is 0 Å². The lowest BCUT2D eigenvalue weighted by Crippen LogP contribution is -2.24. The lowest BCUT2D eigenvalue weighted by Gasteiger charge is -2.13. The SMILES string of the molecule is O=C(NCc1ccnc(OC2CCCC2)c1)c1ccccc1COc1ccccc1. The van der Waals surface area contributed by atoms with E-state index in [1.165, 1.54) is 12.8 Å². The van der Waals surface area contributed by atoms with Crippen molar-refractivity contribution >= 4 is 5.91 Å². The van der Waals surface area contributed by atoms with Crippen LogP contribution in [-0.2, 0) is 13.2 Å². The molecule has 1 amide bonds. The Balaban J connectivity index is 1.36. The molecule has 30 heavy (non-hydrogen) atoms. The van der Waals surface area contributed by atoms with Gasteiger partial charge in [0.15, 0.2) is 0 Å². The molecule has 1 aliphatic rings. The summed E-state index contributed by atoms with van der Waals surface area (Å²) in [4.78, 5) is 17.1. The van der Waals surface area contributed by atoms with Crippen LogP contribution >= 0.6 is 0 Å². The second-order valence-electron chi connectivity index (χ2n) is 7.47. The highest BCUT2D eigenvalue weighted by Gasteiger charge is 2.17. The second-order valence-corrected chi connectivity index (χ2v) is 7.47. The highest BCUT2D eigenvalue weighted by molar-refractivity contribution is 5.95. The molecule has 0 radical (unpaired) electrons. The number of hydrogen-bond acceptors (Lipinski definition) is 4. The molecule has 1 saturated carbocycles. The smallest absolute Gasteiger partial charge is 0.251 e. The fraction of sp³-hybridized carbons (Fsp3) is 0.280. The van der Waals surface area contributed by atoms with Gasteiger partial charge < -0.3 is 14.8 Å². The summed E-state index contributed by atoms with van der Waals surface area (Å²) in [6.45, 7) is 0.749. The molecule has 1 heterocycles. The molecular formula is C25H26N2O3. The van der Waals surface area contributed by atoms with Crippen molar-refractivity contribution in [2.24, 2.45) is 0 Å². The third kappa shape index (κ3) is 5.38. The number of para-hydroxylation sites is 1. The molecule has 0 unspecified atom stereocenters. The quantitative estimate of drug-likeness (QED) is 0.581. The molecule has 0 saturated heterocycles. The van der Waals surface area contributed by atoms with Crippen LogP contribution in [0.15, 0.2) is 72.9 Å². The number of rotatable bonds is 8. The largest absolute Gasteiger partial charge is 0.489 e. The van der Waals surface area contributed by atoms with Gasteiger partial charge in [-0.25, -0.2) is 4.98 Å². The van der Waals surface area contributed by atoms with E-state index in [1.807, 2.05) is 66.7 Å². The van der Waals surface area contributed by atoms with E-state index in [9.17, 15) is 4.79 Å². The van der Waals surface area contributed by atoms with Gasteiger partial charge in [-0.1, -0.05) is 36.4 Å². The standard InChI is InChI=1S/C25H26N2O3/c28-25(23-13-7-4-8-20(23)18-29-21-9-2-1-3-10-21)27-17-19-14-15-26-24(16-19)30-22-11-5-6-12-22/h1-4,7-10,13-16,22H,5-6,11-12,17-18H2,(H,27,28). The molecule has 3 aromatic rings. The highest BCUT2D eigenvalue weighted by Crippen LogP contribution is 2.23. The van der Waals surface area contributed by atoms with Crippen LogP contribution in [0.2, 0.25) is 0 Å². The average Bonchev–Trinajstić information content (AvgIpc) is 3.30. The number of pyridine rings is 1. The molecule has 0 spiro atoms. The van der Waals surface area contributed by atoms with Gasteiger partial charge in [-0.05, 0) is 55.5 Å².